The summed E-state index contributed by atoms with van der Waals surface area (Å²) in [6.07, 6.45) is 3.31. The molecule has 2 aromatic rings. The highest BCUT2D eigenvalue weighted by Crippen LogP contribution is 2.10. The SMILES string of the molecule is CCNc1ccnc(C(=O)Nc2ccc(C)cn2)c1. The van der Waals surface area contributed by atoms with Crippen molar-refractivity contribution in [2.45, 2.75) is 13.8 Å². The molecule has 0 bridgehead atoms. The van der Waals surface area contributed by atoms with Gasteiger partial charge < -0.3 is 10.6 Å². The van der Waals surface area contributed by atoms with E-state index < -0.39 is 0 Å². The molecule has 0 aliphatic rings. The quantitative estimate of drug-likeness (QED) is 0.881. The third-order valence-corrected chi connectivity index (χ3v) is 2.53. The molecule has 0 atom stereocenters. The molecule has 2 aromatic heterocycles. The van der Waals surface area contributed by atoms with Crippen LogP contribution in [0, 0.1) is 6.92 Å². The summed E-state index contributed by atoms with van der Waals surface area (Å²) in [6, 6.07) is 7.20. The maximum Gasteiger partial charge on any atom is 0.275 e. The highest BCUT2D eigenvalue weighted by molar-refractivity contribution is 6.02. The first kappa shape index (κ1) is 13.0. The Hall–Kier alpha value is -2.43. The lowest BCUT2D eigenvalue weighted by Gasteiger charge is -2.06. The maximum absolute atomic E-state index is 12.0. The van der Waals surface area contributed by atoms with Crippen LogP contribution in [0.25, 0.3) is 0 Å². The normalized spacial score (nSPS) is 10.0. The number of rotatable bonds is 4. The molecule has 98 valence electrons. The van der Waals surface area contributed by atoms with Crippen molar-refractivity contribution < 1.29 is 4.79 Å². The van der Waals surface area contributed by atoms with Gasteiger partial charge in [0.05, 0.1) is 0 Å². The average molecular weight is 256 g/mol. The number of aromatic nitrogens is 2. The van der Waals surface area contributed by atoms with Crippen LogP contribution < -0.4 is 10.6 Å². The van der Waals surface area contributed by atoms with Gasteiger partial charge in [0, 0.05) is 24.6 Å². The molecular formula is C14H16N4O. The van der Waals surface area contributed by atoms with Gasteiger partial charge in [0.25, 0.3) is 5.91 Å². The van der Waals surface area contributed by atoms with Crippen molar-refractivity contribution in [1.82, 2.24) is 9.97 Å². The highest BCUT2D eigenvalue weighted by atomic mass is 16.1. The highest BCUT2D eigenvalue weighted by Gasteiger charge is 2.08. The second-order valence-electron chi connectivity index (χ2n) is 4.14. The minimum absolute atomic E-state index is 0.267. The van der Waals surface area contributed by atoms with Crippen molar-refractivity contribution in [3.8, 4) is 0 Å². The molecule has 1 amide bonds. The zero-order valence-corrected chi connectivity index (χ0v) is 11.0. The zero-order valence-electron chi connectivity index (χ0n) is 11.0. The first-order chi connectivity index (χ1) is 9.19. The van der Waals surface area contributed by atoms with Crippen molar-refractivity contribution in [2.75, 3.05) is 17.2 Å². The Morgan fingerprint density at radius 2 is 2.11 bits per heavy atom. The lowest BCUT2D eigenvalue weighted by Crippen LogP contribution is -2.14. The van der Waals surface area contributed by atoms with Crippen molar-refractivity contribution in [3.63, 3.8) is 0 Å². The monoisotopic (exact) mass is 256 g/mol. The molecule has 0 fully saturated rings. The number of nitrogens with one attached hydrogen (secondary N) is 2. The summed E-state index contributed by atoms with van der Waals surface area (Å²) in [5, 5.41) is 5.85. The van der Waals surface area contributed by atoms with E-state index in [-0.39, 0.29) is 5.91 Å². The van der Waals surface area contributed by atoms with Gasteiger partial charge in [-0.2, -0.15) is 0 Å². The van der Waals surface area contributed by atoms with Gasteiger partial charge in [0.2, 0.25) is 0 Å². The van der Waals surface area contributed by atoms with Gasteiger partial charge >= 0.3 is 0 Å². The van der Waals surface area contributed by atoms with Crippen LogP contribution in [0.1, 0.15) is 23.0 Å². The largest absolute Gasteiger partial charge is 0.385 e. The molecule has 5 heteroatoms. The summed E-state index contributed by atoms with van der Waals surface area (Å²) >= 11 is 0. The van der Waals surface area contributed by atoms with Crippen LogP contribution in [0.3, 0.4) is 0 Å². The number of amides is 1. The van der Waals surface area contributed by atoms with Crippen LogP contribution in [-0.2, 0) is 0 Å². The first-order valence-corrected chi connectivity index (χ1v) is 6.13. The predicted molar refractivity (Wildman–Crippen MR) is 75.3 cm³/mol. The van der Waals surface area contributed by atoms with Crippen molar-refractivity contribution >= 4 is 17.4 Å². The fourth-order valence-electron chi connectivity index (χ4n) is 1.59. The molecule has 2 rings (SSSR count). The molecule has 0 spiro atoms. The fourth-order valence-corrected chi connectivity index (χ4v) is 1.59. The number of hydrogen-bond acceptors (Lipinski definition) is 4. The molecule has 19 heavy (non-hydrogen) atoms. The Bertz CT molecular complexity index is 566. The number of anilines is 2. The third kappa shape index (κ3) is 3.51. The maximum atomic E-state index is 12.0. The molecular weight excluding hydrogens is 240 g/mol. The van der Waals surface area contributed by atoms with Crippen LogP contribution in [0.15, 0.2) is 36.7 Å². The number of pyridine rings is 2. The number of hydrogen-bond donors (Lipinski definition) is 2. The number of nitrogens with zero attached hydrogens (tertiary/aromatic N) is 2. The lowest BCUT2D eigenvalue weighted by molar-refractivity contribution is 0.102. The van der Waals surface area contributed by atoms with Crippen LogP contribution in [-0.4, -0.2) is 22.4 Å². The molecule has 0 saturated carbocycles. The second kappa shape index (κ2) is 5.95. The summed E-state index contributed by atoms with van der Waals surface area (Å²) in [5.41, 5.74) is 2.28. The Labute approximate surface area is 112 Å². The summed E-state index contributed by atoms with van der Waals surface area (Å²) in [6.45, 7) is 4.74. The van der Waals surface area contributed by atoms with Gasteiger partial charge in [-0.05, 0) is 37.6 Å². The summed E-state index contributed by atoms with van der Waals surface area (Å²) in [5.74, 6) is 0.252. The predicted octanol–water partition coefficient (Wildman–Crippen LogP) is 2.47. The van der Waals surface area contributed by atoms with Crippen LogP contribution in [0.2, 0.25) is 0 Å². The molecule has 2 heterocycles. The topological polar surface area (TPSA) is 66.9 Å². The molecule has 0 aromatic carbocycles. The van der Waals surface area contributed by atoms with Crippen LogP contribution in [0.5, 0.6) is 0 Å². The average Bonchev–Trinajstić information content (AvgIpc) is 2.42. The Morgan fingerprint density at radius 3 is 2.79 bits per heavy atom. The summed E-state index contributed by atoms with van der Waals surface area (Å²) in [4.78, 5) is 20.2. The van der Waals surface area contributed by atoms with Gasteiger partial charge in [-0.1, -0.05) is 6.07 Å². The van der Waals surface area contributed by atoms with E-state index in [1.807, 2.05) is 26.0 Å². The number of carbonyl (C=O) groups is 1. The number of carbonyl (C=O) groups excluding carboxylic acids is 1. The van der Waals surface area contributed by atoms with Crippen LogP contribution >= 0.6 is 0 Å². The second-order valence-corrected chi connectivity index (χ2v) is 4.14. The minimum atomic E-state index is -0.267. The third-order valence-electron chi connectivity index (χ3n) is 2.53. The van der Waals surface area contributed by atoms with E-state index in [0.29, 0.717) is 11.5 Å². The van der Waals surface area contributed by atoms with E-state index in [2.05, 4.69) is 20.6 Å². The molecule has 0 aliphatic heterocycles. The summed E-state index contributed by atoms with van der Waals surface area (Å²) < 4.78 is 0. The van der Waals surface area contributed by atoms with Crippen molar-refractivity contribution in [1.29, 1.82) is 0 Å². The Morgan fingerprint density at radius 1 is 1.26 bits per heavy atom. The molecule has 2 N–H and O–H groups in total. The van der Waals surface area contributed by atoms with E-state index in [4.69, 9.17) is 0 Å². The van der Waals surface area contributed by atoms with Gasteiger partial charge in [0.1, 0.15) is 11.5 Å². The van der Waals surface area contributed by atoms with Gasteiger partial charge in [-0.15, -0.1) is 0 Å². The molecule has 0 unspecified atom stereocenters. The zero-order chi connectivity index (χ0) is 13.7. The minimum Gasteiger partial charge on any atom is -0.385 e. The smallest absolute Gasteiger partial charge is 0.275 e. The Balaban J connectivity index is 2.11. The summed E-state index contributed by atoms with van der Waals surface area (Å²) in [7, 11) is 0. The lowest BCUT2D eigenvalue weighted by atomic mass is 10.3. The van der Waals surface area contributed by atoms with E-state index in [1.165, 1.54) is 0 Å². The van der Waals surface area contributed by atoms with E-state index >= 15 is 0 Å². The molecule has 0 radical (unpaired) electrons. The van der Waals surface area contributed by atoms with Gasteiger partial charge in [-0.25, -0.2) is 4.98 Å². The molecule has 0 saturated heterocycles. The van der Waals surface area contributed by atoms with Crippen molar-refractivity contribution in [2.24, 2.45) is 0 Å². The Kier molecular flexibility index (Phi) is 4.07. The molecule has 5 nitrogen and oxygen atoms in total. The first-order valence-electron chi connectivity index (χ1n) is 6.13. The van der Waals surface area contributed by atoms with E-state index in [0.717, 1.165) is 17.8 Å². The fraction of sp³-hybridized carbons (Fsp3) is 0.214. The van der Waals surface area contributed by atoms with Gasteiger partial charge in [-0.3, -0.25) is 9.78 Å². The van der Waals surface area contributed by atoms with Crippen LogP contribution in [0.4, 0.5) is 11.5 Å². The van der Waals surface area contributed by atoms with Crippen molar-refractivity contribution in [3.05, 3.63) is 47.9 Å². The van der Waals surface area contributed by atoms with Gasteiger partial charge in [0.15, 0.2) is 0 Å². The van der Waals surface area contributed by atoms with E-state index in [9.17, 15) is 4.79 Å². The standard InChI is InChI=1S/C14H16N4O/c1-3-15-11-6-7-16-12(8-11)14(19)18-13-5-4-10(2)9-17-13/h4-9H,3H2,1-2H3,(H,15,16)(H,17,18,19). The number of aryl methyl sites for hydroxylation is 1. The van der Waals surface area contributed by atoms with E-state index in [1.54, 1.807) is 24.5 Å². The molecule has 0 aliphatic carbocycles.